The Morgan fingerprint density at radius 3 is 2.88 bits per heavy atom. The minimum atomic E-state index is -0.684. The molecule has 0 aromatic heterocycles. The van der Waals surface area contributed by atoms with Crippen molar-refractivity contribution in [3.63, 3.8) is 0 Å². The summed E-state index contributed by atoms with van der Waals surface area (Å²) in [5.41, 5.74) is 0. The Balaban J connectivity index is 2.63. The van der Waals surface area contributed by atoms with Gasteiger partial charge in [0, 0.05) is 19.8 Å². The Kier molecular flexibility index (Phi) is 5.22. The summed E-state index contributed by atoms with van der Waals surface area (Å²) in [4.78, 5) is 13.4. The van der Waals surface area contributed by atoms with Gasteiger partial charge in [0.15, 0.2) is 0 Å². The fourth-order valence-corrected chi connectivity index (χ4v) is 2.55. The van der Waals surface area contributed by atoms with Crippen LogP contribution in [0.25, 0.3) is 0 Å². The van der Waals surface area contributed by atoms with Crippen molar-refractivity contribution in [3.05, 3.63) is 0 Å². The predicted molar refractivity (Wildman–Crippen MR) is 62.5 cm³/mol. The van der Waals surface area contributed by atoms with Gasteiger partial charge >= 0.3 is 5.97 Å². The van der Waals surface area contributed by atoms with Gasteiger partial charge in [0.05, 0.1) is 0 Å². The average molecular weight is 229 g/mol. The topological polar surface area (TPSA) is 49.8 Å². The number of likely N-dealkylation sites (tertiary alicyclic amines) is 1. The van der Waals surface area contributed by atoms with Gasteiger partial charge in [-0.05, 0) is 38.6 Å². The molecule has 0 amide bonds. The molecular formula is C12H23NO3. The minimum Gasteiger partial charge on any atom is -0.480 e. The minimum absolute atomic E-state index is 0.247. The maximum absolute atomic E-state index is 11.3. The zero-order chi connectivity index (χ0) is 12.1. The number of hydrogen-bond donors (Lipinski definition) is 1. The van der Waals surface area contributed by atoms with Crippen LogP contribution in [0.3, 0.4) is 0 Å². The molecule has 1 aliphatic heterocycles. The molecule has 0 bridgehead atoms. The van der Waals surface area contributed by atoms with E-state index in [4.69, 9.17) is 4.74 Å². The summed E-state index contributed by atoms with van der Waals surface area (Å²) < 4.78 is 5.05. The van der Waals surface area contributed by atoms with Crippen molar-refractivity contribution in [1.29, 1.82) is 0 Å². The highest BCUT2D eigenvalue weighted by molar-refractivity contribution is 5.74. The standard InChI is InChI=1S/C12H23NO3/c1-9-5-4-7-13(11(9)12(14)15)10(2)6-8-16-3/h9-11H,4-8H2,1-3H3,(H,14,15). The van der Waals surface area contributed by atoms with Crippen molar-refractivity contribution in [3.8, 4) is 0 Å². The van der Waals surface area contributed by atoms with Gasteiger partial charge in [-0.3, -0.25) is 9.69 Å². The smallest absolute Gasteiger partial charge is 0.321 e. The van der Waals surface area contributed by atoms with E-state index in [9.17, 15) is 9.90 Å². The van der Waals surface area contributed by atoms with Gasteiger partial charge in [-0.15, -0.1) is 0 Å². The lowest BCUT2D eigenvalue weighted by molar-refractivity contribution is -0.148. The summed E-state index contributed by atoms with van der Waals surface area (Å²) in [6, 6.07) is -0.0376. The number of piperidine rings is 1. The lowest BCUT2D eigenvalue weighted by Gasteiger charge is -2.41. The zero-order valence-electron chi connectivity index (χ0n) is 10.5. The van der Waals surface area contributed by atoms with Crippen molar-refractivity contribution in [2.75, 3.05) is 20.3 Å². The second-order valence-electron chi connectivity index (χ2n) is 4.77. The summed E-state index contributed by atoms with van der Waals surface area (Å²) >= 11 is 0. The van der Waals surface area contributed by atoms with E-state index in [2.05, 4.69) is 11.8 Å². The highest BCUT2D eigenvalue weighted by atomic mass is 16.5. The number of ether oxygens (including phenoxy) is 1. The number of nitrogens with zero attached hydrogens (tertiary/aromatic N) is 1. The van der Waals surface area contributed by atoms with Crippen molar-refractivity contribution >= 4 is 5.97 Å². The molecule has 1 N–H and O–H groups in total. The van der Waals surface area contributed by atoms with E-state index in [1.165, 1.54) is 0 Å². The predicted octanol–water partition coefficient (Wildman–Crippen LogP) is 1.60. The molecule has 3 unspecified atom stereocenters. The van der Waals surface area contributed by atoms with E-state index in [0.717, 1.165) is 25.8 Å². The van der Waals surface area contributed by atoms with Gasteiger partial charge in [-0.2, -0.15) is 0 Å². The molecule has 1 rings (SSSR count). The Bertz CT molecular complexity index is 232. The zero-order valence-corrected chi connectivity index (χ0v) is 10.5. The van der Waals surface area contributed by atoms with Gasteiger partial charge in [0.2, 0.25) is 0 Å². The number of carboxylic acids is 1. The number of aliphatic carboxylic acids is 1. The quantitative estimate of drug-likeness (QED) is 0.778. The monoisotopic (exact) mass is 229 g/mol. The van der Waals surface area contributed by atoms with Crippen LogP contribution in [0.2, 0.25) is 0 Å². The number of carbonyl (C=O) groups is 1. The molecule has 94 valence electrons. The normalized spacial score (nSPS) is 28.9. The first kappa shape index (κ1) is 13.5. The molecule has 1 aliphatic rings. The van der Waals surface area contributed by atoms with Gasteiger partial charge in [-0.1, -0.05) is 6.92 Å². The summed E-state index contributed by atoms with van der Waals surface area (Å²) in [5, 5.41) is 9.28. The van der Waals surface area contributed by atoms with Crippen LogP contribution in [-0.2, 0) is 9.53 Å². The maximum Gasteiger partial charge on any atom is 0.321 e. The molecule has 1 saturated heterocycles. The van der Waals surface area contributed by atoms with Crippen LogP contribution >= 0.6 is 0 Å². The molecular weight excluding hydrogens is 206 g/mol. The molecule has 1 fully saturated rings. The van der Waals surface area contributed by atoms with Crippen LogP contribution in [0.15, 0.2) is 0 Å². The van der Waals surface area contributed by atoms with Crippen LogP contribution < -0.4 is 0 Å². The number of rotatable bonds is 5. The van der Waals surface area contributed by atoms with Gasteiger partial charge in [0.1, 0.15) is 6.04 Å². The molecule has 16 heavy (non-hydrogen) atoms. The third-order valence-electron chi connectivity index (χ3n) is 3.53. The molecule has 1 heterocycles. The summed E-state index contributed by atoms with van der Waals surface area (Å²) in [5.74, 6) is -0.437. The van der Waals surface area contributed by atoms with Crippen LogP contribution in [-0.4, -0.2) is 48.3 Å². The van der Waals surface area contributed by atoms with E-state index in [0.29, 0.717) is 6.61 Å². The SMILES string of the molecule is COCCC(C)N1CCCC(C)C1C(=O)O. The van der Waals surface area contributed by atoms with Gasteiger partial charge in [0.25, 0.3) is 0 Å². The number of methoxy groups -OCH3 is 1. The van der Waals surface area contributed by atoms with E-state index < -0.39 is 5.97 Å². The third-order valence-corrected chi connectivity index (χ3v) is 3.53. The third kappa shape index (κ3) is 3.19. The summed E-state index contributed by atoms with van der Waals surface area (Å²) in [6.07, 6.45) is 3.01. The van der Waals surface area contributed by atoms with E-state index in [1.54, 1.807) is 7.11 Å². The Morgan fingerprint density at radius 1 is 1.62 bits per heavy atom. The van der Waals surface area contributed by atoms with Crippen molar-refractivity contribution in [1.82, 2.24) is 4.90 Å². The van der Waals surface area contributed by atoms with Crippen LogP contribution in [0.4, 0.5) is 0 Å². The molecule has 4 nitrogen and oxygen atoms in total. The van der Waals surface area contributed by atoms with Crippen LogP contribution in [0, 0.1) is 5.92 Å². The molecule has 0 aromatic rings. The van der Waals surface area contributed by atoms with Crippen LogP contribution in [0.5, 0.6) is 0 Å². The van der Waals surface area contributed by atoms with Gasteiger partial charge in [-0.25, -0.2) is 0 Å². The molecule has 0 radical (unpaired) electrons. The Labute approximate surface area is 97.6 Å². The fourth-order valence-electron chi connectivity index (χ4n) is 2.55. The largest absolute Gasteiger partial charge is 0.480 e. The van der Waals surface area contributed by atoms with Crippen molar-refractivity contribution in [2.45, 2.75) is 45.2 Å². The Hall–Kier alpha value is -0.610. The van der Waals surface area contributed by atoms with Crippen LogP contribution in [0.1, 0.15) is 33.1 Å². The summed E-state index contributed by atoms with van der Waals surface area (Å²) in [7, 11) is 1.68. The first-order chi connectivity index (χ1) is 7.57. The van der Waals surface area contributed by atoms with Gasteiger partial charge < -0.3 is 9.84 Å². The van der Waals surface area contributed by atoms with E-state index in [-0.39, 0.29) is 18.0 Å². The molecule has 0 spiro atoms. The molecule has 4 heteroatoms. The van der Waals surface area contributed by atoms with Crippen molar-refractivity contribution in [2.24, 2.45) is 5.92 Å². The summed E-state index contributed by atoms with van der Waals surface area (Å²) in [6.45, 7) is 5.71. The second kappa shape index (κ2) is 6.21. The van der Waals surface area contributed by atoms with E-state index in [1.807, 2.05) is 6.92 Å². The molecule has 0 aromatic carbocycles. The Morgan fingerprint density at radius 2 is 2.31 bits per heavy atom. The lowest BCUT2D eigenvalue weighted by atomic mass is 9.89. The highest BCUT2D eigenvalue weighted by Gasteiger charge is 2.36. The molecule has 0 saturated carbocycles. The average Bonchev–Trinajstić information content (AvgIpc) is 2.24. The first-order valence-electron chi connectivity index (χ1n) is 6.05. The number of hydrogen-bond acceptors (Lipinski definition) is 3. The first-order valence-corrected chi connectivity index (χ1v) is 6.05. The second-order valence-corrected chi connectivity index (χ2v) is 4.77. The number of carboxylic acid groups (broad SMARTS) is 1. The van der Waals surface area contributed by atoms with Crippen molar-refractivity contribution < 1.29 is 14.6 Å². The molecule has 0 aliphatic carbocycles. The molecule has 3 atom stereocenters. The lowest BCUT2D eigenvalue weighted by Crippen LogP contribution is -2.53. The van der Waals surface area contributed by atoms with E-state index >= 15 is 0 Å². The fraction of sp³-hybridized carbons (Fsp3) is 0.917. The highest BCUT2D eigenvalue weighted by Crippen LogP contribution is 2.26. The maximum atomic E-state index is 11.3.